The van der Waals surface area contributed by atoms with Crippen LogP contribution in [0.15, 0.2) is 76.7 Å². The molecule has 246 valence electrons. The first-order valence-electron chi connectivity index (χ1n) is 15.9. The Morgan fingerprint density at radius 3 is 2.62 bits per heavy atom. The van der Waals surface area contributed by atoms with E-state index in [0.717, 1.165) is 62.4 Å². The number of dihydropyridines is 1. The minimum absolute atomic E-state index is 0.0661. The average molecular weight is 671 g/mol. The van der Waals surface area contributed by atoms with Crippen LogP contribution in [0, 0.1) is 17.0 Å². The number of nitrogens with zero attached hydrogens (tertiary/aromatic N) is 4. The highest BCUT2D eigenvalue weighted by Crippen LogP contribution is 2.46. The molecule has 1 unspecified atom stereocenters. The van der Waals surface area contributed by atoms with Crippen LogP contribution in [-0.4, -0.2) is 65.9 Å². The number of allylic oxidation sites excluding steroid dienone is 2. The van der Waals surface area contributed by atoms with Gasteiger partial charge in [-0.05, 0) is 80.3 Å². The summed E-state index contributed by atoms with van der Waals surface area (Å²) in [5, 5.41) is 13.9. The van der Waals surface area contributed by atoms with Crippen molar-refractivity contribution < 1.29 is 27.5 Å². The molecule has 10 nitrogen and oxygen atoms in total. The van der Waals surface area contributed by atoms with E-state index in [-0.39, 0.29) is 47.1 Å². The van der Waals surface area contributed by atoms with Gasteiger partial charge in [0.25, 0.3) is 17.7 Å². The first-order chi connectivity index (χ1) is 23.3. The lowest BCUT2D eigenvalue weighted by Gasteiger charge is -2.55. The molecule has 6 heterocycles. The first-order valence-corrected chi connectivity index (χ1v) is 16.7. The zero-order valence-corrected chi connectivity index (χ0v) is 26.9. The Balaban J connectivity index is 0.998. The van der Waals surface area contributed by atoms with Crippen molar-refractivity contribution in [3.63, 3.8) is 0 Å². The van der Waals surface area contributed by atoms with E-state index < -0.39 is 11.6 Å². The molecule has 8 rings (SSSR count). The number of aromatic nitrogens is 2. The van der Waals surface area contributed by atoms with Gasteiger partial charge in [0.05, 0.1) is 11.3 Å². The van der Waals surface area contributed by atoms with E-state index in [0.29, 0.717) is 38.5 Å². The van der Waals surface area contributed by atoms with E-state index in [1.807, 2.05) is 19.2 Å². The smallest absolute Gasteiger partial charge is 0.260 e. The van der Waals surface area contributed by atoms with Crippen LogP contribution in [-0.2, 0) is 16.0 Å². The fourth-order valence-corrected chi connectivity index (χ4v) is 8.29. The molecular weight excluding hydrogens is 638 g/mol. The molecule has 2 fully saturated rings. The lowest BCUT2D eigenvalue weighted by atomic mass is 9.73. The number of benzene rings is 2. The quantitative estimate of drug-likeness (QED) is 0.276. The van der Waals surface area contributed by atoms with Gasteiger partial charge in [0.1, 0.15) is 16.9 Å². The van der Waals surface area contributed by atoms with Crippen molar-refractivity contribution in [1.29, 1.82) is 0 Å². The summed E-state index contributed by atoms with van der Waals surface area (Å²) in [4.78, 5) is 32.0. The zero-order chi connectivity index (χ0) is 33.0. The van der Waals surface area contributed by atoms with Gasteiger partial charge in [0.15, 0.2) is 5.82 Å². The van der Waals surface area contributed by atoms with E-state index in [4.69, 9.17) is 9.15 Å². The molecule has 1 spiro atoms. The number of carbonyl (C=O) groups excluding carboxylic acids is 2. The molecule has 2 saturated heterocycles. The van der Waals surface area contributed by atoms with Crippen molar-refractivity contribution >= 4 is 34.5 Å². The first kappa shape index (κ1) is 30.6. The maximum atomic E-state index is 15.6. The zero-order valence-electron chi connectivity index (χ0n) is 26.1. The number of likely N-dealkylation sites (tertiary alicyclic amines) is 1. The largest absolute Gasteiger partial charge is 0.423 e. The Labute approximate surface area is 279 Å². The number of nitrogens with one attached hydrogen (secondary N) is 2. The monoisotopic (exact) mass is 670 g/mol. The van der Waals surface area contributed by atoms with Crippen molar-refractivity contribution in [3.05, 3.63) is 95.0 Å². The van der Waals surface area contributed by atoms with Crippen molar-refractivity contribution in [2.24, 2.45) is 5.41 Å². The fraction of sp³-hybridized carbons (Fsp3) is 0.314. The molecule has 2 amide bonds. The molecule has 48 heavy (non-hydrogen) atoms. The summed E-state index contributed by atoms with van der Waals surface area (Å²) >= 11 is 1.13. The van der Waals surface area contributed by atoms with Gasteiger partial charge in [-0.2, -0.15) is 0 Å². The van der Waals surface area contributed by atoms with E-state index in [1.165, 1.54) is 17.0 Å². The molecule has 2 N–H and O–H groups in total. The van der Waals surface area contributed by atoms with Gasteiger partial charge < -0.3 is 24.7 Å². The third-order valence-electron chi connectivity index (χ3n) is 9.62. The molecular formula is C35H32F2N6O4S. The van der Waals surface area contributed by atoms with Crippen molar-refractivity contribution in [2.45, 2.75) is 32.4 Å². The summed E-state index contributed by atoms with van der Waals surface area (Å²) in [5.74, 6) is -1.53. The molecule has 1 atom stereocenters. The highest BCUT2D eigenvalue weighted by atomic mass is 32.1. The summed E-state index contributed by atoms with van der Waals surface area (Å²) in [5.41, 5.74) is 4.01. The molecule has 13 heteroatoms. The molecule has 4 aliphatic rings. The number of halogens is 2. The summed E-state index contributed by atoms with van der Waals surface area (Å²) in [7, 11) is 0. The topological polar surface area (TPSA) is 113 Å². The van der Waals surface area contributed by atoms with Gasteiger partial charge in [-0.15, -0.1) is 21.5 Å². The Kier molecular flexibility index (Phi) is 7.69. The molecule has 0 aliphatic carbocycles. The Hall–Kier alpha value is -4.72. The van der Waals surface area contributed by atoms with Gasteiger partial charge in [-0.3, -0.25) is 14.5 Å². The summed E-state index contributed by atoms with van der Waals surface area (Å²) < 4.78 is 41.0. The van der Waals surface area contributed by atoms with Gasteiger partial charge in [-0.1, -0.05) is 0 Å². The summed E-state index contributed by atoms with van der Waals surface area (Å²) in [6.07, 6.45) is 7.01. The minimum atomic E-state index is -0.515. The van der Waals surface area contributed by atoms with Crippen LogP contribution in [0.5, 0.6) is 0 Å². The molecule has 0 saturated carbocycles. The van der Waals surface area contributed by atoms with Crippen LogP contribution in [0.4, 0.5) is 20.2 Å². The number of anilines is 2. The second-order valence-electron chi connectivity index (χ2n) is 12.8. The van der Waals surface area contributed by atoms with E-state index in [9.17, 15) is 14.0 Å². The van der Waals surface area contributed by atoms with Crippen LogP contribution in [0.3, 0.4) is 0 Å². The number of rotatable bonds is 5. The van der Waals surface area contributed by atoms with E-state index in [1.54, 1.807) is 30.3 Å². The third kappa shape index (κ3) is 5.41. The molecule has 2 aromatic carbocycles. The van der Waals surface area contributed by atoms with Crippen molar-refractivity contribution in [3.8, 4) is 21.2 Å². The highest BCUT2D eigenvalue weighted by Gasteiger charge is 2.47. The summed E-state index contributed by atoms with van der Waals surface area (Å²) in [6, 6.07) is 10.8. The standard InChI is InChI=1S/C35H32F2N6O4S/c1-20-14-26(31(38-16-20)42-17-35(18-42)9-12-46-13-10-35)32(44)40-23-5-2-21(3-6-23)34(45)43-11-8-25-28(37)30(33-41-39-19-47-33)48-29(25)24-7-4-22(36)15-27(24)43/h2-7,14-16,19,31,38H,8-13,17-18H2,1H3,(H,40,44). The SMILES string of the molecule is CC1=CNC(N2CC3(CCOCC3)C2)C(C(=O)Nc2ccc(C(=O)N3CCc4c(sc(-c5nnco5)c4F)-c4ccc(F)cc43)cc2)=C1. The predicted octanol–water partition coefficient (Wildman–Crippen LogP) is 5.76. The number of fused-ring (bicyclic) bond motifs is 3. The number of ether oxygens (including phenoxy) is 1. The van der Waals surface area contributed by atoms with Crippen molar-refractivity contribution in [1.82, 2.24) is 20.4 Å². The van der Waals surface area contributed by atoms with Gasteiger partial charge in [0, 0.05) is 71.7 Å². The molecule has 4 aliphatic heterocycles. The normalized spacial score (nSPS) is 20.1. The van der Waals surface area contributed by atoms with Gasteiger partial charge in [-0.25, -0.2) is 8.78 Å². The van der Waals surface area contributed by atoms with Crippen LogP contribution in [0.25, 0.3) is 21.2 Å². The maximum absolute atomic E-state index is 15.6. The average Bonchev–Trinajstić information content (AvgIpc) is 3.69. The van der Waals surface area contributed by atoms with E-state index in [2.05, 4.69) is 25.7 Å². The lowest BCUT2D eigenvalue weighted by Crippen LogP contribution is -2.65. The van der Waals surface area contributed by atoms with Gasteiger partial charge >= 0.3 is 0 Å². The van der Waals surface area contributed by atoms with Crippen LogP contribution < -0.4 is 15.5 Å². The molecule has 0 radical (unpaired) electrons. The Morgan fingerprint density at radius 1 is 1.08 bits per heavy atom. The number of amides is 2. The second-order valence-corrected chi connectivity index (χ2v) is 13.8. The minimum Gasteiger partial charge on any atom is -0.423 e. The van der Waals surface area contributed by atoms with Crippen LogP contribution in [0.1, 0.15) is 35.7 Å². The number of thiophene rings is 1. The Morgan fingerprint density at radius 2 is 1.88 bits per heavy atom. The number of hydrogen-bond acceptors (Lipinski definition) is 9. The van der Waals surface area contributed by atoms with Crippen LogP contribution >= 0.6 is 11.3 Å². The second kappa shape index (κ2) is 12.1. The number of hydrogen-bond donors (Lipinski definition) is 2. The van der Waals surface area contributed by atoms with Crippen LogP contribution in [0.2, 0.25) is 0 Å². The molecule has 0 bridgehead atoms. The summed E-state index contributed by atoms with van der Waals surface area (Å²) in [6.45, 7) is 5.45. The third-order valence-corrected chi connectivity index (χ3v) is 10.8. The van der Waals surface area contributed by atoms with E-state index >= 15 is 4.39 Å². The Bertz CT molecular complexity index is 1960. The van der Waals surface area contributed by atoms with Crippen molar-refractivity contribution in [2.75, 3.05) is 43.1 Å². The van der Waals surface area contributed by atoms with Gasteiger partial charge in [0.2, 0.25) is 6.39 Å². The molecule has 4 aromatic rings. The predicted molar refractivity (Wildman–Crippen MR) is 176 cm³/mol. The number of carbonyl (C=O) groups is 2. The lowest BCUT2D eigenvalue weighted by molar-refractivity contribution is -0.117. The maximum Gasteiger partial charge on any atom is 0.260 e. The molecule has 2 aromatic heterocycles. The highest BCUT2D eigenvalue weighted by molar-refractivity contribution is 7.19. The fourth-order valence-electron chi connectivity index (χ4n) is 7.10.